The predicted octanol–water partition coefficient (Wildman–Crippen LogP) is 1.72. The maximum atomic E-state index is 12.2. The molecule has 110 valence electrons. The van der Waals surface area contributed by atoms with Crippen LogP contribution in [0.4, 0.5) is 0 Å². The molecule has 0 radical (unpaired) electrons. The van der Waals surface area contributed by atoms with Crippen molar-refractivity contribution in [3.63, 3.8) is 0 Å². The molecule has 0 heterocycles. The number of hydrogen-bond donors (Lipinski definition) is 3. The SMILES string of the molecule is CNC1(CC(=O)N[C@@H]2CCCC[C@H]2O)CCCCC1. The van der Waals surface area contributed by atoms with Crippen molar-refractivity contribution < 1.29 is 9.90 Å². The lowest BCUT2D eigenvalue weighted by Crippen LogP contribution is -2.51. The van der Waals surface area contributed by atoms with Gasteiger partial charge in [0.1, 0.15) is 0 Å². The van der Waals surface area contributed by atoms with Gasteiger partial charge in [-0.05, 0) is 32.7 Å². The summed E-state index contributed by atoms with van der Waals surface area (Å²) in [6.07, 6.45) is 10.00. The second-order valence-electron chi connectivity index (χ2n) is 6.29. The van der Waals surface area contributed by atoms with E-state index in [1.807, 2.05) is 7.05 Å². The van der Waals surface area contributed by atoms with E-state index >= 15 is 0 Å². The van der Waals surface area contributed by atoms with Gasteiger partial charge in [-0.25, -0.2) is 0 Å². The van der Waals surface area contributed by atoms with Gasteiger partial charge in [0.05, 0.1) is 12.1 Å². The van der Waals surface area contributed by atoms with Gasteiger partial charge in [0.15, 0.2) is 0 Å². The van der Waals surface area contributed by atoms with Crippen LogP contribution in [-0.2, 0) is 4.79 Å². The highest BCUT2D eigenvalue weighted by atomic mass is 16.3. The standard InChI is InChI=1S/C15H28N2O2/c1-16-15(9-5-2-6-10-15)11-14(19)17-12-7-3-4-8-13(12)18/h12-13,16,18H,2-11H2,1H3,(H,17,19)/t12-,13-/m1/s1. The average Bonchev–Trinajstić information content (AvgIpc) is 2.42. The van der Waals surface area contributed by atoms with Gasteiger partial charge >= 0.3 is 0 Å². The number of rotatable bonds is 4. The van der Waals surface area contributed by atoms with E-state index in [1.54, 1.807) is 0 Å². The lowest BCUT2D eigenvalue weighted by Gasteiger charge is -2.37. The molecule has 2 aliphatic rings. The fourth-order valence-electron chi connectivity index (χ4n) is 3.59. The molecule has 0 saturated heterocycles. The first kappa shape index (κ1) is 14.8. The molecule has 2 saturated carbocycles. The van der Waals surface area contributed by atoms with Crippen molar-refractivity contribution in [2.45, 2.75) is 81.9 Å². The molecule has 0 aromatic carbocycles. The van der Waals surface area contributed by atoms with Crippen LogP contribution in [0.25, 0.3) is 0 Å². The zero-order valence-corrected chi connectivity index (χ0v) is 12.1. The van der Waals surface area contributed by atoms with Crippen molar-refractivity contribution in [3.8, 4) is 0 Å². The molecule has 2 rings (SSSR count). The van der Waals surface area contributed by atoms with Crippen molar-refractivity contribution in [1.29, 1.82) is 0 Å². The number of amides is 1. The second-order valence-corrected chi connectivity index (χ2v) is 6.29. The number of nitrogens with one attached hydrogen (secondary N) is 2. The van der Waals surface area contributed by atoms with Gasteiger partial charge in [-0.3, -0.25) is 4.79 Å². The minimum atomic E-state index is -0.352. The zero-order valence-electron chi connectivity index (χ0n) is 12.1. The van der Waals surface area contributed by atoms with Crippen LogP contribution < -0.4 is 10.6 Å². The summed E-state index contributed by atoms with van der Waals surface area (Å²) in [6.45, 7) is 0. The van der Waals surface area contributed by atoms with E-state index in [0.717, 1.165) is 38.5 Å². The predicted molar refractivity (Wildman–Crippen MR) is 75.9 cm³/mol. The Hall–Kier alpha value is -0.610. The summed E-state index contributed by atoms with van der Waals surface area (Å²) < 4.78 is 0. The maximum absolute atomic E-state index is 12.2. The van der Waals surface area contributed by atoms with E-state index in [2.05, 4.69) is 10.6 Å². The first-order chi connectivity index (χ1) is 9.15. The summed E-state index contributed by atoms with van der Waals surface area (Å²) in [4.78, 5) is 12.2. The van der Waals surface area contributed by atoms with Gasteiger partial charge in [-0.1, -0.05) is 32.1 Å². The van der Waals surface area contributed by atoms with E-state index in [0.29, 0.717) is 6.42 Å². The lowest BCUT2D eigenvalue weighted by atomic mass is 9.79. The van der Waals surface area contributed by atoms with Gasteiger partial charge in [0.25, 0.3) is 0 Å². The Kier molecular flexibility index (Phi) is 5.22. The number of carbonyl (C=O) groups excluding carboxylic acids is 1. The fraction of sp³-hybridized carbons (Fsp3) is 0.933. The van der Waals surface area contributed by atoms with Gasteiger partial charge in [0, 0.05) is 12.0 Å². The minimum absolute atomic E-state index is 0.0120. The molecule has 2 atom stereocenters. The van der Waals surface area contributed by atoms with E-state index in [1.165, 1.54) is 19.3 Å². The van der Waals surface area contributed by atoms with Crippen LogP contribution in [0, 0.1) is 0 Å². The molecule has 1 amide bonds. The molecule has 0 aliphatic heterocycles. The van der Waals surface area contributed by atoms with E-state index in [9.17, 15) is 9.90 Å². The van der Waals surface area contributed by atoms with Crippen molar-refractivity contribution in [2.24, 2.45) is 0 Å². The number of aliphatic hydroxyl groups excluding tert-OH is 1. The molecule has 0 aromatic rings. The zero-order chi connectivity index (χ0) is 13.7. The topological polar surface area (TPSA) is 61.4 Å². The molecule has 0 unspecified atom stereocenters. The minimum Gasteiger partial charge on any atom is -0.391 e. The average molecular weight is 268 g/mol. The van der Waals surface area contributed by atoms with Crippen LogP contribution in [0.1, 0.15) is 64.2 Å². The Morgan fingerprint density at radius 3 is 2.47 bits per heavy atom. The highest BCUT2D eigenvalue weighted by Gasteiger charge is 2.34. The molecular weight excluding hydrogens is 240 g/mol. The Balaban J connectivity index is 1.85. The summed E-state index contributed by atoms with van der Waals surface area (Å²) in [5.41, 5.74) is -0.0120. The fourth-order valence-corrected chi connectivity index (χ4v) is 3.59. The third-order valence-corrected chi connectivity index (χ3v) is 4.92. The van der Waals surface area contributed by atoms with Gasteiger partial charge in [0.2, 0.25) is 5.91 Å². The van der Waals surface area contributed by atoms with Crippen LogP contribution in [0.5, 0.6) is 0 Å². The first-order valence-electron chi connectivity index (χ1n) is 7.82. The van der Waals surface area contributed by atoms with Crippen molar-refractivity contribution in [1.82, 2.24) is 10.6 Å². The lowest BCUT2D eigenvalue weighted by molar-refractivity contribution is -0.124. The van der Waals surface area contributed by atoms with Crippen LogP contribution in [0.15, 0.2) is 0 Å². The van der Waals surface area contributed by atoms with Crippen LogP contribution in [0.2, 0.25) is 0 Å². The van der Waals surface area contributed by atoms with Gasteiger partial charge in [-0.2, -0.15) is 0 Å². The summed E-state index contributed by atoms with van der Waals surface area (Å²) in [7, 11) is 1.97. The van der Waals surface area contributed by atoms with Crippen molar-refractivity contribution in [3.05, 3.63) is 0 Å². The van der Waals surface area contributed by atoms with Crippen molar-refractivity contribution in [2.75, 3.05) is 7.05 Å². The normalized spacial score (nSPS) is 30.8. The third kappa shape index (κ3) is 3.93. The molecule has 4 nitrogen and oxygen atoms in total. The van der Waals surface area contributed by atoms with E-state index in [-0.39, 0.29) is 23.6 Å². The highest BCUT2D eigenvalue weighted by Crippen LogP contribution is 2.31. The smallest absolute Gasteiger partial charge is 0.222 e. The van der Waals surface area contributed by atoms with Gasteiger partial charge in [-0.15, -0.1) is 0 Å². The van der Waals surface area contributed by atoms with Crippen LogP contribution >= 0.6 is 0 Å². The summed E-state index contributed by atoms with van der Waals surface area (Å²) in [5.74, 6) is 0.0993. The van der Waals surface area contributed by atoms with Crippen LogP contribution in [-0.4, -0.2) is 35.7 Å². The Bertz CT molecular complexity index is 301. The Morgan fingerprint density at radius 2 is 1.84 bits per heavy atom. The monoisotopic (exact) mass is 268 g/mol. The number of carbonyl (C=O) groups is 1. The molecule has 2 aliphatic carbocycles. The van der Waals surface area contributed by atoms with E-state index < -0.39 is 0 Å². The molecule has 0 aromatic heterocycles. The summed E-state index contributed by atoms with van der Waals surface area (Å²) >= 11 is 0. The first-order valence-corrected chi connectivity index (χ1v) is 7.82. The highest BCUT2D eigenvalue weighted by molar-refractivity contribution is 5.77. The Labute approximate surface area is 116 Å². The molecule has 4 heteroatoms. The maximum Gasteiger partial charge on any atom is 0.222 e. The Morgan fingerprint density at radius 1 is 1.16 bits per heavy atom. The third-order valence-electron chi connectivity index (χ3n) is 4.92. The largest absolute Gasteiger partial charge is 0.391 e. The molecule has 0 spiro atoms. The molecule has 19 heavy (non-hydrogen) atoms. The van der Waals surface area contributed by atoms with Crippen LogP contribution in [0.3, 0.4) is 0 Å². The molecular formula is C15H28N2O2. The quantitative estimate of drug-likeness (QED) is 0.727. The summed E-state index contributed by atoms with van der Waals surface area (Å²) in [5, 5.41) is 16.3. The molecule has 3 N–H and O–H groups in total. The van der Waals surface area contributed by atoms with E-state index in [4.69, 9.17) is 0 Å². The molecule has 2 fully saturated rings. The van der Waals surface area contributed by atoms with Gasteiger partial charge < -0.3 is 15.7 Å². The second kappa shape index (κ2) is 6.71. The summed E-state index contributed by atoms with van der Waals surface area (Å²) in [6, 6.07) is -0.0289. The van der Waals surface area contributed by atoms with Crippen molar-refractivity contribution >= 4 is 5.91 Å². The number of aliphatic hydroxyl groups is 1. The number of hydrogen-bond acceptors (Lipinski definition) is 3. The molecule has 0 bridgehead atoms.